The maximum atomic E-state index is 12.4. The molecule has 0 bridgehead atoms. The van der Waals surface area contributed by atoms with Crippen molar-refractivity contribution in [2.75, 3.05) is 26.9 Å². The predicted octanol–water partition coefficient (Wildman–Crippen LogP) is 3.88. The molecule has 0 saturated carbocycles. The number of aryl methyl sites for hydroxylation is 1. The molecule has 3 rings (SSSR count). The summed E-state index contributed by atoms with van der Waals surface area (Å²) in [7, 11) is 1.68. The third-order valence-corrected chi connectivity index (χ3v) is 4.97. The zero-order valence-electron chi connectivity index (χ0n) is 17.9. The van der Waals surface area contributed by atoms with E-state index in [9.17, 15) is 8.78 Å². The van der Waals surface area contributed by atoms with Crippen LogP contribution in [0.25, 0.3) is 0 Å². The number of nitrogens with one attached hydrogen (secondary N) is 2. The topological polar surface area (TPSA) is 64.1 Å². The summed E-state index contributed by atoms with van der Waals surface area (Å²) < 4.78 is 40.8. The standard InChI is InChI=1S/C23H29F2N3O3/c1-16-6-7-19(21(10-16)30-15-18-8-9-29-14-18)13-28-23(26-2)27-12-17-4-3-5-20(11-17)31-22(24)25/h3-7,10-11,18,22H,8-9,12-15H2,1-2H3,(H2,26,27,28). The quantitative estimate of drug-likeness (QED) is 0.464. The number of aliphatic imine (C=N–C) groups is 1. The average Bonchev–Trinajstić information content (AvgIpc) is 3.27. The van der Waals surface area contributed by atoms with Crippen LogP contribution in [-0.4, -0.2) is 39.4 Å². The molecule has 0 radical (unpaired) electrons. The van der Waals surface area contributed by atoms with Crippen molar-refractivity contribution in [2.45, 2.75) is 33.0 Å². The molecule has 2 aromatic carbocycles. The number of rotatable bonds is 9. The van der Waals surface area contributed by atoms with Gasteiger partial charge in [-0.25, -0.2) is 0 Å². The molecule has 1 atom stereocenters. The van der Waals surface area contributed by atoms with Crippen molar-refractivity contribution >= 4 is 5.96 Å². The molecule has 1 fully saturated rings. The van der Waals surface area contributed by atoms with E-state index in [1.807, 2.05) is 31.2 Å². The number of guanidine groups is 1. The van der Waals surface area contributed by atoms with Crippen molar-refractivity contribution in [3.63, 3.8) is 0 Å². The Balaban J connectivity index is 1.54. The van der Waals surface area contributed by atoms with E-state index in [-0.39, 0.29) is 5.75 Å². The highest BCUT2D eigenvalue weighted by molar-refractivity contribution is 5.79. The molecule has 168 valence electrons. The van der Waals surface area contributed by atoms with Gasteiger partial charge < -0.3 is 24.8 Å². The Morgan fingerprint density at radius 1 is 1.19 bits per heavy atom. The first-order valence-corrected chi connectivity index (χ1v) is 10.3. The van der Waals surface area contributed by atoms with Crippen LogP contribution < -0.4 is 20.1 Å². The summed E-state index contributed by atoms with van der Waals surface area (Å²) in [5.74, 6) is 2.01. The van der Waals surface area contributed by atoms with Gasteiger partial charge in [0.2, 0.25) is 0 Å². The first-order valence-electron chi connectivity index (χ1n) is 10.3. The number of hydrogen-bond donors (Lipinski definition) is 2. The molecule has 8 heteroatoms. The molecule has 0 aromatic heterocycles. The minimum atomic E-state index is -2.84. The molecule has 1 aliphatic heterocycles. The van der Waals surface area contributed by atoms with Gasteiger partial charge in [-0.2, -0.15) is 8.78 Å². The van der Waals surface area contributed by atoms with Crippen molar-refractivity contribution in [3.05, 3.63) is 59.2 Å². The summed E-state index contributed by atoms with van der Waals surface area (Å²) >= 11 is 0. The highest BCUT2D eigenvalue weighted by Gasteiger charge is 2.17. The summed E-state index contributed by atoms with van der Waals surface area (Å²) in [6, 6.07) is 12.7. The molecule has 0 aliphatic carbocycles. The number of ether oxygens (including phenoxy) is 3. The zero-order valence-corrected chi connectivity index (χ0v) is 17.9. The first kappa shape index (κ1) is 22.8. The molecule has 2 aromatic rings. The Bertz CT molecular complexity index is 871. The number of alkyl halides is 2. The lowest BCUT2D eigenvalue weighted by atomic mass is 10.1. The van der Waals surface area contributed by atoms with Crippen molar-refractivity contribution in [1.82, 2.24) is 10.6 Å². The van der Waals surface area contributed by atoms with Crippen LogP contribution in [0.3, 0.4) is 0 Å². The van der Waals surface area contributed by atoms with Gasteiger partial charge >= 0.3 is 6.61 Å². The zero-order chi connectivity index (χ0) is 22.1. The molecule has 0 amide bonds. The fourth-order valence-electron chi connectivity index (χ4n) is 3.28. The first-order chi connectivity index (χ1) is 15.0. The monoisotopic (exact) mass is 433 g/mol. The van der Waals surface area contributed by atoms with Crippen LogP contribution in [0, 0.1) is 12.8 Å². The fraction of sp³-hybridized carbons (Fsp3) is 0.435. The van der Waals surface area contributed by atoms with Crippen LogP contribution in [0.5, 0.6) is 11.5 Å². The van der Waals surface area contributed by atoms with E-state index in [0.717, 1.165) is 42.1 Å². The van der Waals surface area contributed by atoms with Crippen LogP contribution in [0.15, 0.2) is 47.5 Å². The number of benzene rings is 2. The fourth-order valence-corrected chi connectivity index (χ4v) is 3.28. The Kier molecular flexibility index (Phi) is 8.46. The molecule has 1 aliphatic rings. The second-order valence-corrected chi connectivity index (χ2v) is 7.46. The predicted molar refractivity (Wildman–Crippen MR) is 116 cm³/mol. The minimum absolute atomic E-state index is 0.131. The highest BCUT2D eigenvalue weighted by atomic mass is 19.3. The Labute approximate surface area is 181 Å². The molecule has 6 nitrogen and oxygen atoms in total. The number of hydrogen-bond acceptors (Lipinski definition) is 4. The van der Waals surface area contributed by atoms with Gasteiger partial charge in [-0.1, -0.05) is 24.3 Å². The summed E-state index contributed by atoms with van der Waals surface area (Å²) in [6.07, 6.45) is 1.03. The molecule has 2 N–H and O–H groups in total. The van der Waals surface area contributed by atoms with Gasteiger partial charge in [0.1, 0.15) is 11.5 Å². The van der Waals surface area contributed by atoms with Crippen LogP contribution >= 0.6 is 0 Å². The number of halogens is 2. The third kappa shape index (κ3) is 7.40. The molecule has 1 unspecified atom stereocenters. The molecule has 31 heavy (non-hydrogen) atoms. The van der Waals surface area contributed by atoms with E-state index in [1.165, 1.54) is 6.07 Å². The third-order valence-electron chi connectivity index (χ3n) is 4.97. The van der Waals surface area contributed by atoms with Crippen LogP contribution in [-0.2, 0) is 17.8 Å². The Hall–Kier alpha value is -2.87. The van der Waals surface area contributed by atoms with Crippen LogP contribution in [0.1, 0.15) is 23.1 Å². The van der Waals surface area contributed by atoms with Gasteiger partial charge in [-0.15, -0.1) is 0 Å². The van der Waals surface area contributed by atoms with E-state index in [1.54, 1.807) is 19.2 Å². The maximum absolute atomic E-state index is 12.4. The van der Waals surface area contributed by atoms with Crippen molar-refractivity contribution in [1.29, 1.82) is 0 Å². The second kappa shape index (κ2) is 11.5. The van der Waals surface area contributed by atoms with E-state index in [2.05, 4.69) is 20.4 Å². The lowest BCUT2D eigenvalue weighted by Crippen LogP contribution is -2.36. The van der Waals surface area contributed by atoms with Gasteiger partial charge in [0, 0.05) is 38.2 Å². The molecule has 0 spiro atoms. The second-order valence-electron chi connectivity index (χ2n) is 7.46. The maximum Gasteiger partial charge on any atom is 0.387 e. The van der Waals surface area contributed by atoms with E-state index >= 15 is 0 Å². The van der Waals surface area contributed by atoms with Crippen molar-refractivity contribution in [3.8, 4) is 11.5 Å². The van der Waals surface area contributed by atoms with Crippen molar-refractivity contribution < 1.29 is 23.0 Å². The highest BCUT2D eigenvalue weighted by Crippen LogP contribution is 2.23. The smallest absolute Gasteiger partial charge is 0.387 e. The molecule has 1 saturated heterocycles. The van der Waals surface area contributed by atoms with Crippen molar-refractivity contribution in [2.24, 2.45) is 10.9 Å². The normalized spacial score (nSPS) is 16.4. The van der Waals surface area contributed by atoms with Gasteiger partial charge in [-0.3, -0.25) is 4.99 Å². The summed E-state index contributed by atoms with van der Waals surface area (Å²) in [6.45, 7) is 2.33. The molecular formula is C23H29F2N3O3. The summed E-state index contributed by atoms with van der Waals surface area (Å²) in [5.41, 5.74) is 2.97. The molecule has 1 heterocycles. The number of nitrogens with zero attached hydrogens (tertiary/aromatic N) is 1. The van der Waals surface area contributed by atoms with Gasteiger partial charge in [-0.05, 0) is 42.7 Å². The van der Waals surface area contributed by atoms with Gasteiger partial charge in [0.05, 0.1) is 13.2 Å². The van der Waals surface area contributed by atoms with Gasteiger partial charge in [0.15, 0.2) is 5.96 Å². The van der Waals surface area contributed by atoms with E-state index < -0.39 is 6.61 Å². The van der Waals surface area contributed by atoms with Crippen LogP contribution in [0.4, 0.5) is 8.78 Å². The van der Waals surface area contributed by atoms with Crippen LogP contribution in [0.2, 0.25) is 0 Å². The van der Waals surface area contributed by atoms with Gasteiger partial charge in [0.25, 0.3) is 0 Å². The summed E-state index contributed by atoms with van der Waals surface area (Å²) in [5, 5.41) is 6.46. The van der Waals surface area contributed by atoms with E-state index in [0.29, 0.717) is 31.6 Å². The Morgan fingerprint density at radius 3 is 2.77 bits per heavy atom. The largest absolute Gasteiger partial charge is 0.493 e. The average molecular weight is 433 g/mol. The SMILES string of the molecule is CN=C(NCc1cccc(OC(F)F)c1)NCc1ccc(C)cc1OCC1CCOC1. The lowest BCUT2D eigenvalue weighted by molar-refractivity contribution is -0.0498. The van der Waals surface area contributed by atoms with E-state index in [4.69, 9.17) is 9.47 Å². The summed E-state index contributed by atoms with van der Waals surface area (Å²) in [4.78, 5) is 4.23. The minimum Gasteiger partial charge on any atom is -0.493 e. The molecular weight excluding hydrogens is 404 g/mol. The Morgan fingerprint density at radius 2 is 2.03 bits per heavy atom. The lowest BCUT2D eigenvalue weighted by Gasteiger charge is -2.17.